The summed E-state index contributed by atoms with van der Waals surface area (Å²) in [5.74, 6) is 0.560. The SMILES string of the molecule is CCNC1(c2nc(C)cs2)CCOC(C(C)C)C1. The Morgan fingerprint density at radius 3 is 2.94 bits per heavy atom. The molecule has 4 heteroatoms. The van der Waals surface area contributed by atoms with Crippen LogP contribution in [-0.2, 0) is 10.3 Å². The fourth-order valence-corrected chi connectivity index (χ4v) is 3.67. The van der Waals surface area contributed by atoms with Crippen LogP contribution in [0.5, 0.6) is 0 Å². The molecule has 1 N–H and O–H groups in total. The van der Waals surface area contributed by atoms with Gasteiger partial charge in [0.15, 0.2) is 0 Å². The highest BCUT2D eigenvalue weighted by Gasteiger charge is 2.40. The minimum absolute atomic E-state index is 0.0286. The Kier molecular flexibility index (Phi) is 4.41. The molecule has 1 aliphatic heterocycles. The number of hydrogen-bond acceptors (Lipinski definition) is 4. The minimum atomic E-state index is 0.0286. The number of thiazole rings is 1. The summed E-state index contributed by atoms with van der Waals surface area (Å²) in [5.41, 5.74) is 1.15. The third kappa shape index (κ3) is 2.76. The predicted molar refractivity (Wildman–Crippen MR) is 76.0 cm³/mol. The fourth-order valence-electron chi connectivity index (χ4n) is 2.66. The molecule has 2 unspecified atom stereocenters. The molecule has 0 amide bonds. The number of aryl methyl sites for hydroxylation is 1. The van der Waals surface area contributed by atoms with Crippen LogP contribution in [0.15, 0.2) is 5.38 Å². The summed E-state index contributed by atoms with van der Waals surface area (Å²) in [4.78, 5) is 4.72. The lowest BCUT2D eigenvalue weighted by molar-refractivity contribution is -0.0531. The molecule has 1 saturated heterocycles. The van der Waals surface area contributed by atoms with E-state index in [0.717, 1.165) is 31.7 Å². The summed E-state index contributed by atoms with van der Waals surface area (Å²) < 4.78 is 5.91. The molecule has 0 spiro atoms. The van der Waals surface area contributed by atoms with Crippen molar-refractivity contribution < 1.29 is 4.74 Å². The molecule has 0 radical (unpaired) electrons. The van der Waals surface area contributed by atoms with Gasteiger partial charge in [-0.15, -0.1) is 11.3 Å². The summed E-state index contributed by atoms with van der Waals surface area (Å²) in [6.07, 6.45) is 2.39. The van der Waals surface area contributed by atoms with Crippen molar-refractivity contribution in [3.8, 4) is 0 Å². The molecule has 18 heavy (non-hydrogen) atoms. The van der Waals surface area contributed by atoms with Gasteiger partial charge in [0, 0.05) is 17.7 Å². The van der Waals surface area contributed by atoms with Crippen LogP contribution in [0.25, 0.3) is 0 Å². The largest absolute Gasteiger partial charge is 0.378 e. The van der Waals surface area contributed by atoms with Crippen molar-refractivity contribution in [2.24, 2.45) is 5.92 Å². The summed E-state index contributed by atoms with van der Waals surface area (Å²) in [7, 11) is 0. The number of nitrogens with zero attached hydrogens (tertiary/aromatic N) is 1. The first-order chi connectivity index (χ1) is 8.57. The maximum Gasteiger partial charge on any atom is 0.113 e. The molecule has 0 aromatic carbocycles. The Balaban J connectivity index is 2.26. The highest BCUT2D eigenvalue weighted by molar-refractivity contribution is 7.09. The van der Waals surface area contributed by atoms with Crippen LogP contribution in [0.4, 0.5) is 0 Å². The van der Waals surface area contributed by atoms with Crippen molar-refractivity contribution in [3.63, 3.8) is 0 Å². The number of nitrogens with one attached hydrogen (secondary N) is 1. The second-order valence-electron chi connectivity index (χ2n) is 5.51. The standard InChI is InChI=1S/C14H24N2OS/c1-5-15-14(13-16-11(4)9-18-13)6-7-17-12(8-14)10(2)3/h9-10,12,15H,5-8H2,1-4H3. The zero-order valence-corrected chi connectivity index (χ0v) is 12.6. The van der Waals surface area contributed by atoms with Gasteiger partial charge in [-0.05, 0) is 32.2 Å². The third-order valence-corrected chi connectivity index (χ3v) is 4.86. The Bertz CT molecular complexity index is 387. The molecule has 1 fully saturated rings. The van der Waals surface area contributed by atoms with Crippen molar-refractivity contribution in [2.75, 3.05) is 13.2 Å². The lowest BCUT2D eigenvalue weighted by Crippen LogP contribution is -2.50. The van der Waals surface area contributed by atoms with E-state index in [0.29, 0.717) is 12.0 Å². The average molecular weight is 268 g/mol. The molecule has 1 aliphatic rings. The summed E-state index contributed by atoms with van der Waals surface area (Å²) in [6, 6.07) is 0. The van der Waals surface area contributed by atoms with E-state index in [4.69, 9.17) is 9.72 Å². The summed E-state index contributed by atoms with van der Waals surface area (Å²) in [5, 5.41) is 7.06. The van der Waals surface area contributed by atoms with Crippen LogP contribution in [-0.4, -0.2) is 24.2 Å². The van der Waals surface area contributed by atoms with Gasteiger partial charge >= 0.3 is 0 Å². The van der Waals surface area contributed by atoms with E-state index in [9.17, 15) is 0 Å². The molecule has 0 aliphatic carbocycles. The van der Waals surface area contributed by atoms with E-state index >= 15 is 0 Å². The predicted octanol–water partition coefficient (Wildman–Crippen LogP) is 3.09. The molecule has 2 atom stereocenters. The zero-order chi connectivity index (χ0) is 13.2. The Labute approximate surface area is 114 Å². The van der Waals surface area contributed by atoms with E-state index in [1.807, 2.05) is 0 Å². The first kappa shape index (κ1) is 14.0. The molecular weight excluding hydrogens is 244 g/mol. The van der Waals surface area contributed by atoms with Gasteiger partial charge in [0.1, 0.15) is 5.01 Å². The van der Waals surface area contributed by atoms with Gasteiger partial charge in [0.2, 0.25) is 0 Å². The third-order valence-electron chi connectivity index (χ3n) is 3.70. The zero-order valence-electron chi connectivity index (χ0n) is 11.8. The van der Waals surface area contributed by atoms with Crippen LogP contribution in [0.3, 0.4) is 0 Å². The second-order valence-corrected chi connectivity index (χ2v) is 6.37. The number of aromatic nitrogens is 1. The summed E-state index contributed by atoms with van der Waals surface area (Å²) in [6.45, 7) is 10.5. The van der Waals surface area contributed by atoms with E-state index < -0.39 is 0 Å². The molecular formula is C14H24N2OS. The monoisotopic (exact) mass is 268 g/mol. The maximum absolute atomic E-state index is 5.91. The van der Waals surface area contributed by atoms with Gasteiger partial charge in [-0.25, -0.2) is 4.98 Å². The molecule has 0 saturated carbocycles. The number of hydrogen-bond donors (Lipinski definition) is 1. The van der Waals surface area contributed by atoms with Crippen LogP contribution in [0.1, 0.15) is 44.3 Å². The van der Waals surface area contributed by atoms with E-state index in [2.05, 4.69) is 38.4 Å². The maximum atomic E-state index is 5.91. The molecule has 2 heterocycles. The lowest BCUT2D eigenvalue weighted by Gasteiger charge is -2.41. The van der Waals surface area contributed by atoms with Crippen molar-refractivity contribution in [1.82, 2.24) is 10.3 Å². The Morgan fingerprint density at radius 1 is 1.61 bits per heavy atom. The van der Waals surface area contributed by atoms with Gasteiger partial charge in [0.25, 0.3) is 0 Å². The molecule has 1 aromatic rings. The molecule has 1 aromatic heterocycles. The lowest BCUT2D eigenvalue weighted by atomic mass is 9.83. The smallest absolute Gasteiger partial charge is 0.113 e. The Hall–Kier alpha value is -0.450. The summed E-state index contributed by atoms with van der Waals surface area (Å²) >= 11 is 1.78. The number of ether oxygens (including phenoxy) is 1. The fraction of sp³-hybridized carbons (Fsp3) is 0.786. The molecule has 102 valence electrons. The highest BCUT2D eigenvalue weighted by Crippen LogP contribution is 2.38. The van der Waals surface area contributed by atoms with Gasteiger partial charge in [0.05, 0.1) is 11.6 Å². The van der Waals surface area contributed by atoms with Gasteiger partial charge in [-0.1, -0.05) is 20.8 Å². The van der Waals surface area contributed by atoms with E-state index in [-0.39, 0.29) is 5.54 Å². The van der Waals surface area contributed by atoms with Crippen LogP contribution in [0.2, 0.25) is 0 Å². The van der Waals surface area contributed by atoms with Crippen molar-refractivity contribution in [3.05, 3.63) is 16.1 Å². The first-order valence-electron chi connectivity index (χ1n) is 6.86. The van der Waals surface area contributed by atoms with Crippen LogP contribution < -0.4 is 5.32 Å². The average Bonchev–Trinajstić information content (AvgIpc) is 2.77. The topological polar surface area (TPSA) is 34.2 Å². The highest BCUT2D eigenvalue weighted by atomic mass is 32.1. The van der Waals surface area contributed by atoms with Gasteiger partial charge in [-0.2, -0.15) is 0 Å². The van der Waals surface area contributed by atoms with Crippen molar-refractivity contribution >= 4 is 11.3 Å². The van der Waals surface area contributed by atoms with Crippen LogP contribution >= 0.6 is 11.3 Å². The molecule has 0 bridgehead atoms. The van der Waals surface area contributed by atoms with Crippen molar-refractivity contribution in [2.45, 2.75) is 52.2 Å². The van der Waals surface area contributed by atoms with E-state index in [1.165, 1.54) is 5.01 Å². The molecule has 2 rings (SSSR count). The van der Waals surface area contributed by atoms with Gasteiger partial charge in [-0.3, -0.25) is 0 Å². The quantitative estimate of drug-likeness (QED) is 0.911. The van der Waals surface area contributed by atoms with Gasteiger partial charge < -0.3 is 10.1 Å². The molecule has 3 nitrogen and oxygen atoms in total. The Morgan fingerprint density at radius 2 is 2.39 bits per heavy atom. The first-order valence-corrected chi connectivity index (χ1v) is 7.74. The van der Waals surface area contributed by atoms with Crippen molar-refractivity contribution in [1.29, 1.82) is 0 Å². The normalized spacial score (nSPS) is 28.8. The van der Waals surface area contributed by atoms with E-state index in [1.54, 1.807) is 11.3 Å². The van der Waals surface area contributed by atoms with Crippen LogP contribution in [0, 0.1) is 12.8 Å². The second kappa shape index (κ2) is 5.68. The minimum Gasteiger partial charge on any atom is -0.378 e. The number of rotatable bonds is 4.